The number of rotatable bonds is 9. The molecule has 1 atom stereocenters. The Hall–Kier alpha value is -2.04. The van der Waals surface area contributed by atoms with Crippen molar-refractivity contribution >= 4 is 35.0 Å². The summed E-state index contributed by atoms with van der Waals surface area (Å²) in [5.41, 5.74) is 3.08. The van der Waals surface area contributed by atoms with Crippen molar-refractivity contribution < 1.29 is 9.59 Å². The number of benzene rings is 2. The van der Waals surface area contributed by atoms with Gasteiger partial charge in [0.15, 0.2) is 0 Å². The molecule has 180 valence electrons. The third-order valence-corrected chi connectivity index (χ3v) is 6.36. The van der Waals surface area contributed by atoms with Gasteiger partial charge < -0.3 is 10.2 Å². The van der Waals surface area contributed by atoms with Gasteiger partial charge in [0.25, 0.3) is 0 Å². The summed E-state index contributed by atoms with van der Waals surface area (Å²) in [6.07, 6.45) is 1.38. The summed E-state index contributed by atoms with van der Waals surface area (Å²) in [7, 11) is 0. The molecule has 4 nitrogen and oxygen atoms in total. The van der Waals surface area contributed by atoms with Crippen LogP contribution in [0.1, 0.15) is 71.1 Å². The van der Waals surface area contributed by atoms with Gasteiger partial charge in [0.2, 0.25) is 11.8 Å². The van der Waals surface area contributed by atoms with E-state index in [2.05, 4.69) is 50.4 Å². The lowest BCUT2D eigenvalue weighted by atomic mass is 9.86. The molecular weight excluding hydrogens is 455 g/mol. The van der Waals surface area contributed by atoms with E-state index in [0.29, 0.717) is 34.9 Å². The van der Waals surface area contributed by atoms with Gasteiger partial charge >= 0.3 is 0 Å². The van der Waals surface area contributed by atoms with Crippen molar-refractivity contribution in [3.8, 4) is 0 Å². The number of hydrogen-bond acceptors (Lipinski definition) is 2. The number of halogens is 2. The van der Waals surface area contributed by atoms with Gasteiger partial charge in [0, 0.05) is 34.6 Å². The van der Waals surface area contributed by atoms with Gasteiger partial charge in [0.1, 0.15) is 6.04 Å². The Bertz CT molecular complexity index is 929. The molecule has 2 aromatic carbocycles. The average molecular weight is 492 g/mol. The molecule has 2 rings (SSSR count). The van der Waals surface area contributed by atoms with Crippen LogP contribution in [0, 0.1) is 0 Å². The van der Waals surface area contributed by atoms with Gasteiger partial charge in [-0.3, -0.25) is 9.59 Å². The zero-order chi connectivity index (χ0) is 24.8. The maximum atomic E-state index is 13.4. The second kappa shape index (κ2) is 11.9. The van der Waals surface area contributed by atoms with E-state index in [1.807, 2.05) is 20.8 Å². The van der Waals surface area contributed by atoms with Crippen molar-refractivity contribution in [2.45, 2.75) is 84.8 Å². The third kappa shape index (κ3) is 7.75. The van der Waals surface area contributed by atoms with Crippen LogP contribution < -0.4 is 5.32 Å². The quantitative estimate of drug-likeness (QED) is 0.432. The molecule has 0 fully saturated rings. The number of carbonyl (C=O) groups excluding carboxylic acids is 2. The van der Waals surface area contributed by atoms with E-state index in [9.17, 15) is 9.59 Å². The second-order valence-corrected chi connectivity index (χ2v) is 10.6. The van der Waals surface area contributed by atoms with Crippen LogP contribution >= 0.6 is 23.2 Å². The molecule has 0 heterocycles. The van der Waals surface area contributed by atoms with Gasteiger partial charge in [-0.25, -0.2) is 0 Å². The Morgan fingerprint density at radius 1 is 1.00 bits per heavy atom. The van der Waals surface area contributed by atoms with Crippen LogP contribution in [0.25, 0.3) is 0 Å². The van der Waals surface area contributed by atoms with Gasteiger partial charge in [-0.2, -0.15) is 0 Å². The lowest BCUT2D eigenvalue weighted by Crippen LogP contribution is -2.50. The molecule has 0 aromatic heterocycles. The predicted octanol–water partition coefficient (Wildman–Crippen LogP) is 6.56. The SMILES string of the molecule is CC[C@@H](C(=O)NC(C)C)N(Cc1c(Cl)cccc1Cl)C(=O)CCc1ccc(C(C)(C)C)cc1. The van der Waals surface area contributed by atoms with E-state index in [1.54, 1.807) is 23.1 Å². The first-order valence-corrected chi connectivity index (χ1v) is 12.3. The van der Waals surface area contributed by atoms with E-state index in [-0.39, 0.29) is 29.8 Å². The van der Waals surface area contributed by atoms with Crippen LogP contribution in [-0.4, -0.2) is 28.8 Å². The second-order valence-electron chi connectivity index (χ2n) is 9.76. The Morgan fingerprint density at radius 2 is 1.58 bits per heavy atom. The van der Waals surface area contributed by atoms with E-state index in [4.69, 9.17) is 23.2 Å². The minimum absolute atomic E-state index is 0.0197. The molecular formula is C27H36Cl2N2O2. The fourth-order valence-corrected chi connectivity index (χ4v) is 4.24. The van der Waals surface area contributed by atoms with Crippen LogP contribution in [0.15, 0.2) is 42.5 Å². The molecule has 0 aliphatic carbocycles. The molecule has 0 aliphatic rings. The molecule has 2 aromatic rings. The van der Waals surface area contributed by atoms with Crippen molar-refractivity contribution in [2.24, 2.45) is 0 Å². The molecule has 33 heavy (non-hydrogen) atoms. The van der Waals surface area contributed by atoms with E-state index < -0.39 is 6.04 Å². The standard InChI is InChI=1S/C27H36Cl2N2O2/c1-7-24(26(33)30-18(2)3)31(17-21-22(28)9-8-10-23(21)29)25(32)16-13-19-11-14-20(15-12-19)27(4,5)6/h8-12,14-15,18,24H,7,13,16-17H2,1-6H3,(H,30,33)/t24-/m0/s1. The minimum atomic E-state index is -0.601. The highest BCUT2D eigenvalue weighted by Crippen LogP contribution is 2.28. The third-order valence-electron chi connectivity index (χ3n) is 5.65. The Kier molecular flexibility index (Phi) is 9.81. The van der Waals surface area contributed by atoms with Gasteiger partial charge in [-0.15, -0.1) is 0 Å². The normalized spacial score (nSPS) is 12.5. The topological polar surface area (TPSA) is 49.4 Å². The number of hydrogen-bond donors (Lipinski definition) is 1. The molecule has 0 unspecified atom stereocenters. The van der Waals surface area contributed by atoms with Crippen LogP contribution in [-0.2, 0) is 28.0 Å². The Morgan fingerprint density at radius 3 is 2.06 bits per heavy atom. The average Bonchev–Trinajstić information content (AvgIpc) is 2.73. The highest BCUT2D eigenvalue weighted by atomic mass is 35.5. The summed E-state index contributed by atoms with van der Waals surface area (Å²) in [5, 5.41) is 3.91. The lowest BCUT2D eigenvalue weighted by molar-refractivity contribution is -0.141. The van der Waals surface area contributed by atoms with Crippen molar-refractivity contribution in [3.05, 3.63) is 69.2 Å². The Labute approximate surface area is 208 Å². The molecule has 0 radical (unpaired) electrons. The van der Waals surface area contributed by atoms with Crippen molar-refractivity contribution in [1.29, 1.82) is 0 Å². The summed E-state index contributed by atoms with van der Waals surface area (Å²) in [4.78, 5) is 28.0. The fraction of sp³-hybridized carbons (Fsp3) is 0.481. The first kappa shape index (κ1) is 27.2. The zero-order valence-corrected chi connectivity index (χ0v) is 22.1. The zero-order valence-electron chi connectivity index (χ0n) is 20.5. The van der Waals surface area contributed by atoms with Gasteiger partial charge in [0.05, 0.1) is 0 Å². The van der Waals surface area contributed by atoms with Gasteiger partial charge in [-0.1, -0.05) is 81.2 Å². The summed E-state index contributed by atoms with van der Waals surface area (Å²) < 4.78 is 0. The van der Waals surface area contributed by atoms with E-state index in [1.165, 1.54) is 5.56 Å². The number of nitrogens with one attached hydrogen (secondary N) is 1. The number of nitrogens with zero attached hydrogens (tertiary/aromatic N) is 1. The summed E-state index contributed by atoms with van der Waals surface area (Å²) in [6, 6.07) is 13.0. The maximum absolute atomic E-state index is 13.4. The summed E-state index contributed by atoms with van der Waals surface area (Å²) >= 11 is 12.8. The maximum Gasteiger partial charge on any atom is 0.243 e. The van der Waals surface area contributed by atoms with Crippen LogP contribution in [0.5, 0.6) is 0 Å². The van der Waals surface area contributed by atoms with Gasteiger partial charge in [-0.05, 0) is 55.4 Å². The largest absolute Gasteiger partial charge is 0.352 e. The van der Waals surface area contributed by atoms with E-state index in [0.717, 1.165) is 5.56 Å². The molecule has 0 spiro atoms. The molecule has 2 amide bonds. The number of amides is 2. The van der Waals surface area contributed by atoms with Crippen LogP contribution in [0.4, 0.5) is 0 Å². The molecule has 0 saturated heterocycles. The predicted molar refractivity (Wildman–Crippen MR) is 138 cm³/mol. The highest BCUT2D eigenvalue weighted by molar-refractivity contribution is 6.36. The number of carbonyl (C=O) groups is 2. The monoisotopic (exact) mass is 490 g/mol. The first-order chi connectivity index (χ1) is 15.4. The van der Waals surface area contributed by atoms with Crippen LogP contribution in [0.2, 0.25) is 10.0 Å². The minimum Gasteiger partial charge on any atom is -0.352 e. The van der Waals surface area contributed by atoms with Crippen LogP contribution in [0.3, 0.4) is 0 Å². The molecule has 1 N–H and O–H groups in total. The van der Waals surface area contributed by atoms with Crippen molar-refractivity contribution in [3.63, 3.8) is 0 Å². The number of aryl methyl sites for hydroxylation is 1. The first-order valence-electron chi connectivity index (χ1n) is 11.6. The highest BCUT2D eigenvalue weighted by Gasteiger charge is 2.29. The molecule has 6 heteroatoms. The van der Waals surface area contributed by atoms with Crippen molar-refractivity contribution in [1.82, 2.24) is 10.2 Å². The lowest BCUT2D eigenvalue weighted by Gasteiger charge is -2.32. The fourth-order valence-electron chi connectivity index (χ4n) is 3.72. The molecule has 0 saturated carbocycles. The molecule has 0 aliphatic heterocycles. The summed E-state index contributed by atoms with van der Waals surface area (Å²) in [6.45, 7) is 12.4. The summed E-state index contributed by atoms with van der Waals surface area (Å²) in [5.74, 6) is -0.268. The van der Waals surface area contributed by atoms with E-state index >= 15 is 0 Å². The smallest absolute Gasteiger partial charge is 0.243 e. The molecule has 0 bridgehead atoms. The Balaban J connectivity index is 2.25. The van der Waals surface area contributed by atoms with Crippen molar-refractivity contribution in [2.75, 3.05) is 0 Å².